The van der Waals surface area contributed by atoms with Gasteiger partial charge < -0.3 is 9.80 Å². The zero-order chi connectivity index (χ0) is 26.8. The number of hydrogen-bond donors (Lipinski definition) is 1. The summed E-state index contributed by atoms with van der Waals surface area (Å²) in [5.74, 6) is 0. The first kappa shape index (κ1) is 24.4. The summed E-state index contributed by atoms with van der Waals surface area (Å²) in [4.78, 5) is 8.10. The number of hydrogen-bond acceptors (Lipinski definition) is 2. The van der Waals surface area contributed by atoms with E-state index in [9.17, 15) is 0 Å². The van der Waals surface area contributed by atoms with Gasteiger partial charge in [-0.3, -0.25) is 0 Å². The standard InChI is InChI=1S/C36H31N3/c1-38(2)29-22-18-26(19-23-29)34(27-20-24-31(25-21-27)39(3)30-14-8-5-9-15-30)35-32-16-10-11-17-33(32)37-36(35)28-12-6-4-7-13-28/h4-25H,1-3H3/p+1. The molecule has 0 amide bonds. The van der Waals surface area contributed by atoms with E-state index in [2.05, 4.69) is 169 Å². The van der Waals surface area contributed by atoms with E-state index < -0.39 is 0 Å². The highest BCUT2D eigenvalue weighted by molar-refractivity contribution is 6.38. The zero-order valence-electron chi connectivity index (χ0n) is 22.6. The smallest absolute Gasteiger partial charge is 0.220 e. The Morgan fingerprint density at radius 3 is 1.64 bits per heavy atom. The van der Waals surface area contributed by atoms with Gasteiger partial charge in [0.15, 0.2) is 0 Å². The van der Waals surface area contributed by atoms with Crippen LogP contribution < -0.4 is 14.8 Å². The van der Waals surface area contributed by atoms with Gasteiger partial charge in [-0.25, -0.2) is 4.99 Å². The second-order valence-corrected chi connectivity index (χ2v) is 10.0. The number of para-hydroxylation sites is 2. The van der Waals surface area contributed by atoms with E-state index in [0.717, 1.165) is 22.8 Å². The fourth-order valence-corrected chi connectivity index (χ4v) is 5.26. The molecule has 5 aromatic carbocycles. The molecule has 190 valence electrons. The van der Waals surface area contributed by atoms with Gasteiger partial charge >= 0.3 is 0 Å². The zero-order valence-corrected chi connectivity index (χ0v) is 22.6. The van der Waals surface area contributed by atoms with E-state index in [-0.39, 0.29) is 0 Å². The molecule has 0 fully saturated rings. The van der Waals surface area contributed by atoms with Crippen LogP contribution in [-0.4, -0.2) is 26.9 Å². The van der Waals surface area contributed by atoms with Gasteiger partial charge in [0.2, 0.25) is 11.4 Å². The maximum atomic E-state index is 3.74. The summed E-state index contributed by atoms with van der Waals surface area (Å²) in [6, 6.07) is 47.5. The van der Waals surface area contributed by atoms with E-state index in [1.54, 1.807) is 0 Å². The maximum absolute atomic E-state index is 3.74. The molecule has 0 saturated carbocycles. The second-order valence-electron chi connectivity index (χ2n) is 10.0. The minimum absolute atomic E-state index is 1.13. The molecule has 0 bridgehead atoms. The molecule has 5 aromatic rings. The molecule has 0 spiro atoms. The van der Waals surface area contributed by atoms with Gasteiger partial charge in [-0.15, -0.1) is 0 Å². The molecule has 0 saturated heterocycles. The summed E-state index contributed by atoms with van der Waals surface area (Å²) in [5, 5.41) is 0. The molecule has 1 aliphatic heterocycles. The van der Waals surface area contributed by atoms with Gasteiger partial charge in [0.1, 0.15) is 0 Å². The topological polar surface area (TPSA) is 20.5 Å². The average molecular weight is 507 g/mol. The highest BCUT2D eigenvalue weighted by Gasteiger charge is 2.32. The third-order valence-corrected chi connectivity index (χ3v) is 7.38. The third-order valence-electron chi connectivity index (χ3n) is 7.38. The summed E-state index contributed by atoms with van der Waals surface area (Å²) in [6.45, 7) is 0. The number of benzene rings is 5. The molecule has 3 heteroatoms. The summed E-state index contributed by atoms with van der Waals surface area (Å²) in [7, 11) is 6.27. The van der Waals surface area contributed by atoms with Gasteiger partial charge in [-0.2, -0.15) is 0 Å². The lowest BCUT2D eigenvalue weighted by Crippen LogP contribution is -2.64. The number of anilines is 3. The second kappa shape index (κ2) is 10.5. The van der Waals surface area contributed by atoms with Crippen LogP contribution in [0.1, 0.15) is 22.3 Å². The monoisotopic (exact) mass is 506 g/mol. The Labute approximate surface area is 231 Å². The normalized spacial score (nSPS) is 13.5. The molecule has 0 atom stereocenters. The number of allylic oxidation sites excluding steroid dienone is 1. The average Bonchev–Trinajstić information content (AvgIpc) is 3.38. The van der Waals surface area contributed by atoms with Crippen LogP contribution in [0, 0.1) is 0 Å². The van der Waals surface area contributed by atoms with Crippen molar-refractivity contribution < 1.29 is 4.99 Å². The Balaban J connectivity index is 1.55. The Morgan fingerprint density at radius 2 is 1.03 bits per heavy atom. The maximum Gasteiger partial charge on any atom is 0.220 e. The van der Waals surface area contributed by atoms with Gasteiger partial charge in [0, 0.05) is 55.4 Å². The predicted molar refractivity (Wildman–Crippen MR) is 165 cm³/mol. The molecule has 0 unspecified atom stereocenters. The molecular weight excluding hydrogens is 474 g/mol. The van der Waals surface area contributed by atoms with E-state index in [1.807, 2.05) is 0 Å². The van der Waals surface area contributed by atoms with Gasteiger partial charge in [-0.1, -0.05) is 72.8 Å². The van der Waals surface area contributed by atoms with Gasteiger partial charge in [0.05, 0.1) is 11.1 Å². The van der Waals surface area contributed by atoms with Crippen LogP contribution in [0.25, 0.3) is 11.1 Å². The fraction of sp³-hybridized carbons (Fsp3) is 0.0833. The predicted octanol–water partition coefficient (Wildman–Crippen LogP) is 6.69. The first-order valence-corrected chi connectivity index (χ1v) is 13.3. The Bertz CT molecular complexity index is 1650. The van der Waals surface area contributed by atoms with Crippen molar-refractivity contribution in [3.63, 3.8) is 0 Å². The molecule has 1 aliphatic rings. The summed E-state index contributed by atoms with van der Waals surface area (Å²) in [5.41, 5.74) is 12.9. The quantitative estimate of drug-likeness (QED) is 0.277. The van der Waals surface area contributed by atoms with E-state index in [0.29, 0.717) is 0 Å². The van der Waals surface area contributed by atoms with Crippen molar-refractivity contribution in [1.29, 1.82) is 0 Å². The van der Waals surface area contributed by atoms with Crippen LogP contribution in [0.15, 0.2) is 133 Å². The molecule has 0 aliphatic carbocycles. The van der Waals surface area contributed by atoms with Crippen molar-refractivity contribution in [2.75, 3.05) is 30.9 Å². The van der Waals surface area contributed by atoms with Crippen LogP contribution in [-0.2, 0) is 0 Å². The van der Waals surface area contributed by atoms with Gasteiger partial charge in [0.25, 0.3) is 0 Å². The number of rotatable bonds is 6. The van der Waals surface area contributed by atoms with Crippen molar-refractivity contribution in [2.45, 2.75) is 0 Å². The number of fused-ring (bicyclic) bond motifs is 1. The lowest BCUT2D eigenvalue weighted by atomic mass is 9.86. The first-order chi connectivity index (χ1) is 19.1. The molecule has 0 radical (unpaired) electrons. The molecule has 3 nitrogen and oxygen atoms in total. The van der Waals surface area contributed by atoms with Crippen molar-refractivity contribution in [1.82, 2.24) is 0 Å². The third kappa shape index (κ3) is 4.75. The summed E-state index contributed by atoms with van der Waals surface area (Å²) < 4.78 is 0. The lowest BCUT2D eigenvalue weighted by molar-refractivity contribution is -0.348. The summed E-state index contributed by atoms with van der Waals surface area (Å²) in [6.07, 6.45) is 0. The van der Waals surface area contributed by atoms with Crippen LogP contribution >= 0.6 is 0 Å². The number of nitrogens with one attached hydrogen (secondary N) is 1. The first-order valence-electron chi connectivity index (χ1n) is 13.3. The highest BCUT2D eigenvalue weighted by atomic mass is 15.1. The molecule has 1 N–H and O–H groups in total. The molecule has 0 aromatic heterocycles. The Hall–Kier alpha value is -4.89. The van der Waals surface area contributed by atoms with Crippen molar-refractivity contribution in [3.8, 4) is 0 Å². The minimum atomic E-state index is 1.13. The van der Waals surface area contributed by atoms with Crippen molar-refractivity contribution >= 4 is 39.6 Å². The van der Waals surface area contributed by atoms with E-state index in [1.165, 1.54) is 39.1 Å². The van der Waals surface area contributed by atoms with Crippen LogP contribution in [0.2, 0.25) is 0 Å². The molecule has 6 rings (SSSR count). The van der Waals surface area contributed by atoms with E-state index >= 15 is 0 Å². The molecule has 39 heavy (non-hydrogen) atoms. The van der Waals surface area contributed by atoms with Crippen LogP contribution in [0.3, 0.4) is 0 Å². The Morgan fingerprint density at radius 1 is 0.513 bits per heavy atom. The minimum Gasteiger partial charge on any atom is -0.378 e. The SMILES string of the molecule is CN(C)c1ccc(C(=C2C(c3ccccc3)=[NH+]c3ccccc32)c2ccc(N(C)c3ccccc3)cc2)cc1. The Kier molecular flexibility index (Phi) is 6.56. The van der Waals surface area contributed by atoms with Crippen LogP contribution in [0.5, 0.6) is 0 Å². The fourth-order valence-electron chi connectivity index (χ4n) is 5.26. The van der Waals surface area contributed by atoms with Gasteiger partial charge in [-0.05, 0) is 65.7 Å². The van der Waals surface area contributed by atoms with Crippen molar-refractivity contribution in [2.24, 2.45) is 0 Å². The largest absolute Gasteiger partial charge is 0.378 e. The molecular formula is C36H32N3+. The lowest BCUT2D eigenvalue weighted by Gasteiger charge is -2.21. The highest BCUT2D eigenvalue weighted by Crippen LogP contribution is 2.39. The summed E-state index contributed by atoms with van der Waals surface area (Å²) >= 11 is 0. The van der Waals surface area contributed by atoms with E-state index in [4.69, 9.17) is 0 Å². The molecule has 1 heterocycles. The van der Waals surface area contributed by atoms with Crippen LogP contribution in [0.4, 0.5) is 22.7 Å². The number of nitrogens with zero attached hydrogens (tertiary/aromatic N) is 2. The van der Waals surface area contributed by atoms with Crippen molar-refractivity contribution in [3.05, 3.63) is 156 Å².